The predicted molar refractivity (Wildman–Crippen MR) is 77.3 cm³/mol. The van der Waals surface area contributed by atoms with Crippen molar-refractivity contribution in [3.63, 3.8) is 0 Å². The summed E-state index contributed by atoms with van der Waals surface area (Å²) in [6, 6.07) is 6.20. The molecule has 0 saturated carbocycles. The van der Waals surface area contributed by atoms with Crippen LogP contribution in [0.5, 0.6) is 5.75 Å². The molecule has 2 aromatic rings. The van der Waals surface area contributed by atoms with Gasteiger partial charge in [0.25, 0.3) is 0 Å². The van der Waals surface area contributed by atoms with Gasteiger partial charge < -0.3 is 14.8 Å². The number of benzene rings is 1. The summed E-state index contributed by atoms with van der Waals surface area (Å²) in [5, 5.41) is 4.25. The molecule has 3 rings (SSSR count). The van der Waals surface area contributed by atoms with E-state index in [1.807, 2.05) is 6.07 Å². The van der Waals surface area contributed by atoms with Crippen LogP contribution in [0.4, 0.5) is 5.13 Å². The first-order chi connectivity index (χ1) is 9.31. The molecule has 1 N–H and O–H groups in total. The van der Waals surface area contributed by atoms with Crippen LogP contribution in [0.3, 0.4) is 0 Å². The molecule has 1 aliphatic carbocycles. The fraction of sp³-hybridized carbons (Fsp3) is 0.357. The molecular formula is C14H16N2O2S. The van der Waals surface area contributed by atoms with E-state index in [1.165, 1.54) is 16.0 Å². The standard InChI is InChI=1S/C14H16N2O2S/c1-17-6-5-15-14-16-13-11-8-10(18-2)4-3-9(11)7-12(13)19-14/h3-4,8H,5-7H2,1-2H3,(H,15,16). The third-order valence-electron chi connectivity index (χ3n) is 3.20. The molecule has 0 bridgehead atoms. The van der Waals surface area contributed by atoms with Crippen LogP contribution in [-0.4, -0.2) is 32.4 Å². The van der Waals surface area contributed by atoms with Gasteiger partial charge in [0.15, 0.2) is 5.13 Å². The molecule has 0 spiro atoms. The van der Waals surface area contributed by atoms with Crippen molar-refractivity contribution in [3.8, 4) is 17.0 Å². The molecule has 0 radical (unpaired) electrons. The van der Waals surface area contributed by atoms with Gasteiger partial charge in [0.2, 0.25) is 0 Å². The number of aromatic nitrogens is 1. The number of fused-ring (bicyclic) bond motifs is 3. The van der Waals surface area contributed by atoms with Crippen molar-refractivity contribution in [1.29, 1.82) is 0 Å². The first kappa shape index (κ1) is 12.4. The Kier molecular flexibility index (Phi) is 3.40. The average Bonchev–Trinajstić information content (AvgIpc) is 2.95. The maximum absolute atomic E-state index is 5.28. The SMILES string of the molecule is COCCNc1nc2c(s1)Cc1ccc(OC)cc1-2. The Hall–Kier alpha value is -1.59. The van der Waals surface area contributed by atoms with E-state index >= 15 is 0 Å². The molecule has 0 aliphatic heterocycles. The van der Waals surface area contributed by atoms with Gasteiger partial charge in [0.1, 0.15) is 5.75 Å². The van der Waals surface area contributed by atoms with E-state index in [1.54, 1.807) is 25.6 Å². The summed E-state index contributed by atoms with van der Waals surface area (Å²) >= 11 is 1.72. The summed E-state index contributed by atoms with van der Waals surface area (Å²) in [5.74, 6) is 0.883. The summed E-state index contributed by atoms with van der Waals surface area (Å²) in [6.07, 6.45) is 0.971. The lowest BCUT2D eigenvalue weighted by Gasteiger charge is -2.04. The summed E-state index contributed by atoms with van der Waals surface area (Å²) in [6.45, 7) is 1.47. The average molecular weight is 276 g/mol. The van der Waals surface area contributed by atoms with Crippen molar-refractivity contribution >= 4 is 16.5 Å². The Morgan fingerprint density at radius 2 is 2.26 bits per heavy atom. The van der Waals surface area contributed by atoms with E-state index < -0.39 is 0 Å². The summed E-state index contributed by atoms with van der Waals surface area (Å²) in [7, 11) is 3.39. The Balaban J connectivity index is 1.85. The fourth-order valence-corrected chi connectivity index (χ4v) is 3.27. The molecule has 100 valence electrons. The number of nitrogens with zero attached hydrogens (tertiary/aromatic N) is 1. The van der Waals surface area contributed by atoms with Gasteiger partial charge in [-0.3, -0.25) is 0 Å². The van der Waals surface area contributed by atoms with Gasteiger partial charge >= 0.3 is 0 Å². The van der Waals surface area contributed by atoms with E-state index in [4.69, 9.17) is 9.47 Å². The highest BCUT2D eigenvalue weighted by Gasteiger charge is 2.23. The number of rotatable bonds is 5. The molecule has 1 aliphatic rings. The summed E-state index contributed by atoms with van der Waals surface area (Å²) in [4.78, 5) is 6.00. The second kappa shape index (κ2) is 5.19. The van der Waals surface area contributed by atoms with Crippen LogP contribution < -0.4 is 10.1 Å². The van der Waals surface area contributed by atoms with Gasteiger partial charge in [-0.2, -0.15) is 0 Å². The van der Waals surface area contributed by atoms with Crippen molar-refractivity contribution in [3.05, 3.63) is 28.6 Å². The van der Waals surface area contributed by atoms with Gasteiger partial charge in [-0.25, -0.2) is 4.98 Å². The number of nitrogens with one attached hydrogen (secondary N) is 1. The third kappa shape index (κ3) is 2.31. The quantitative estimate of drug-likeness (QED) is 0.728. The Bertz CT molecular complexity index is 595. The molecule has 1 heterocycles. The number of ether oxygens (including phenoxy) is 2. The highest BCUT2D eigenvalue weighted by atomic mass is 32.1. The molecular weight excluding hydrogens is 260 g/mol. The Labute approximate surface area is 116 Å². The molecule has 0 saturated heterocycles. The van der Waals surface area contributed by atoms with Crippen LogP contribution in [0, 0.1) is 0 Å². The van der Waals surface area contributed by atoms with E-state index in [9.17, 15) is 0 Å². The topological polar surface area (TPSA) is 43.4 Å². The van der Waals surface area contributed by atoms with Crippen molar-refractivity contribution in [1.82, 2.24) is 4.98 Å². The molecule has 0 fully saturated rings. The van der Waals surface area contributed by atoms with Crippen molar-refractivity contribution in [2.45, 2.75) is 6.42 Å². The maximum Gasteiger partial charge on any atom is 0.183 e. The van der Waals surface area contributed by atoms with Gasteiger partial charge in [-0.1, -0.05) is 6.07 Å². The van der Waals surface area contributed by atoms with E-state index in [2.05, 4.69) is 22.4 Å². The van der Waals surface area contributed by atoms with Crippen LogP contribution in [0.15, 0.2) is 18.2 Å². The number of hydrogen-bond acceptors (Lipinski definition) is 5. The molecule has 19 heavy (non-hydrogen) atoms. The summed E-state index contributed by atoms with van der Waals surface area (Å²) < 4.78 is 10.3. The lowest BCUT2D eigenvalue weighted by atomic mass is 10.1. The van der Waals surface area contributed by atoms with Crippen molar-refractivity contribution < 1.29 is 9.47 Å². The van der Waals surface area contributed by atoms with Crippen LogP contribution in [-0.2, 0) is 11.2 Å². The van der Waals surface area contributed by atoms with E-state index in [-0.39, 0.29) is 0 Å². The predicted octanol–water partition coefficient (Wildman–Crippen LogP) is 2.78. The maximum atomic E-state index is 5.28. The second-order valence-corrected chi connectivity index (χ2v) is 5.49. The molecule has 1 aromatic carbocycles. The van der Waals surface area contributed by atoms with Gasteiger partial charge in [-0.15, -0.1) is 11.3 Å². The highest BCUT2D eigenvalue weighted by Crippen LogP contribution is 2.42. The van der Waals surface area contributed by atoms with Gasteiger partial charge in [-0.05, 0) is 17.7 Å². The highest BCUT2D eigenvalue weighted by molar-refractivity contribution is 7.16. The van der Waals surface area contributed by atoms with E-state index in [0.29, 0.717) is 6.61 Å². The van der Waals surface area contributed by atoms with Crippen molar-refractivity contribution in [2.24, 2.45) is 0 Å². The molecule has 0 atom stereocenters. The molecule has 1 aromatic heterocycles. The Morgan fingerprint density at radius 3 is 3.05 bits per heavy atom. The zero-order valence-electron chi connectivity index (χ0n) is 11.0. The van der Waals surface area contributed by atoms with Crippen LogP contribution in [0.1, 0.15) is 10.4 Å². The number of methoxy groups -OCH3 is 2. The molecule has 5 heteroatoms. The smallest absolute Gasteiger partial charge is 0.183 e. The second-order valence-electron chi connectivity index (χ2n) is 4.41. The minimum absolute atomic E-state index is 0.689. The molecule has 0 amide bonds. The minimum Gasteiger partial charge on any atom is -0.497 e. The number of hydrogen-bond donors (Lipinski definition) is 1. The lowest BCUT2D eigenvalue weighted by Crippen LogP contribution is -2.07. The first-order valence-corrected chi connectivity index (χ1v) is 7.03. The van der Waals surface area contributed by atoms with Crippen LogP contribution in [0.2, 0.25) is 0 Å². The monoisotopic (exact) mass is 276 g/mol. The Morgan fingerprint density at radius 1 is 1.37 bits per heavy atom. The zero-order chi connectivity index (χ0) is 13.2. The lowest BCUT2D eigenvalue weighted by molar-refractivity contribution is 0.211. The largest absolute Gasteiger partial charge is 0.497 e. The van der Waals surface area contributed by atoms with Gasteiger partial charge in [0, 0.05) is 30.5 Å². The van der Waals surface area contributed by atoms with Crippen LogP contribution >= 0.6 is 11.3 Å². The normalized spacial score (nSPS) is 12.1. The minimum atomic E-state index is 0.689. The number of anilines is 1. The van der Waals surface area contributed by atoms with Gasteiger partial charge in [0.05, 0.1) is 19.4 Å². The van der Waals surface area contributed by atoms with Crippen LogP contribution in [0.25, 0.3) is 11.3 Å². The van der Waals surface area contributed by atoms with E-state index in [0.717, 1.165) is 29.5 Å². The molecule has 0 unspecified atom stereocenters. The third-order valence-corrected chi connectivity index (χ3v) is 4.22. The first-order valence-electron chi connectivity index (χ1n) is 6.21. The number of thiazole rings is 1. The molecule has 4 nitrogen and oxygen atoms in total. The fourth-order valence-electron chi connectivity index (χ4n) is 2.25. The summed E-state index contributed by atoms with van der Waals surface area (Å²) in [5.41, 5.74) is 3.63. The van der Waals surface area contributed by atoms with Crippen molar-refractivity contribution in [2.75, 3.05) is 32.7 Å². The zero-order valence-corrected chi connectivity index (χ0v) is 11.8.